The summed E-state index contributed by atoms with van der Waals surface area (Å²) in [7, 11) is 0. The van der Waals surface area contributed by atoms with Gasteiger partial charge in [0.25, 0.3) is 0 Å². The molecule has 2 heterocycles. The number of ether oxygens (including phenoxy) is 1. The third kappa shape index (κ3) is 2.62. The van der Waals surface area contributed by atoms with Gasteiger partial charge in [-0.3, -0.25) is 4.98 Å². The number of carbonyl (C=O) groups is 1. The van der Waals surface area contributed by atoms with Crippen molar-refractivity contribution >= 4 is 27.4 Å². The lowest BCUT2D eigenvalue weighted by molar-refractivity contribution is 0.0702. The number of pyridine rings is 1. The fourth-order valence-corrected chi connectivity index (χ4v) is 2.74. The Morgan fingerprint density at radius 3 is 2.90 bits per heavy atom. The van der Waals surface area contributed by atoms with Crippen LogP contribution in [0, 0.1) is 0 Å². The van der Waals surface area contributed by atoms with E-state index in [1.54, 1.807) is 12.3 Å². The Labute approximate surface area is 119 Å². The molecule has 0 unspecified atom stereocenters. The fraction of sp³-hybridized carbons (Fsp3) is 0.0667. The van der Waals surface area contributed by atoms with E-state index in [-0.39, 0.29) is 0 Å². The van der Waals surface area contributed by atoms with Gasteiger partial charge in [-0.15, -0.1) is 11.3 Å². The van der Waals surface area contributed by atoms with Crippen molar-refractivity contribution in [2.75, 3.05) is 0 Å². The lowest BCUT2D eigenvalue weighted by Crippen LogP contribution is -1.97. The van der Waals surface area contributed by atoms with E-state index in [1.165, 1.54) is 11.3 Å². The Balaban J connectivity index is 1.80. The van der Waals surface area contributed by atoms with E-state index >= 15 is 0 Å². The van der Waals surface area contributed by atoms with Crippen LogP contribution in [0.5, 0.6) is 5.75 Å². The van der Waals surface area contributed by atoms with Crippen LogP contribution in [-0.4, -0.2) is 16.1 Å². The number of thiophene rings is 1. The molecule has 1 N–H and O–H groups in total. The summed E-state index contributed by atoms with van der Waals surface area (Å²) in [4.78, 5) is 15.5. The van der Waals surface area contributed by atoms with Crippen molar-refractivity contribution < 1.29 is 14.6 Å². The van der Waals surface area contributed by atoms with E-state index in [4.69, 9.17) is 9.84 Å². The molecule has 0 saturated heterocycles. The zero-order chi connectivity index (χ0) is 13.9. The highest BCUT2D eigenvalue weighted by Crippen LogP contribution is 2.29. The first-order chi connectivity index (χ1) is 9.72. The molecule has 0 aliphatic carbocycles. The predicted octanol–water partition coefficient (Wildman–Crippen LogP) is 3.57. The van der Waals surface area contributed by atoms with E-state index in [0.29, 0.717) is 17.2 Å². The molecule has 0 aliphatic heterocycles. The monoisotopic (exact) mass is 285 g/mol. The smallest absolute Gasteiger partial charge is 0.345 e. The topological polar surface area (TPSA) is 59.4 Å². The molecule has 3 rings (SSSR count). The number of hydrogen-bond donors (Lipinski definition) is 1. The van der Waals surface area contributed by atoms with Crippen molar-refractivity contribution in [1.82, 2.24) is 4.98 Å². The van der Waals surface area contributed by atoms with Crippen LogP contribution in [0.4, 0.5) is 0 Å². The lowest BCUT2D eigenvalue weighted by atomic mass is 10.2. The second-order valence-corrected chi connectivity index (χ2v) is 5.31. The normalized spacial score (nSPS) is 10.6. The highest BCUT2D eigenvalue weighted by molar-refractivity contribution is 7.20. The molecule has 0 radical (unpaired) electrons. The van der Waals surface area contributed by atoms with Crippen LogP contribution >= 0.6 is 11.3 Å². The quantitative estimate of drug-likeness (QED) is 0.796. The Hall–Kier alpha value is -2.40. The molecule has 0 saturated carbocycles. The van der Waals surface area contributed by atoms with Gasteiger partial charge in [-0.25, -0.2) is 4.79 Å². The molecule has 4 nitrogen and oxygen atoms in total. The van der Waals surface area contributed by atoms with Crippen LogP contribution in [0.3, 0.4) is 0 Å². The SMILES string of the molecule is O=C(O)c1cc2cc(OCc3ccccn3)ccc2s1. The average Bonchev–Trinajstić information content (AvgIpc) is 2.89. The van der Waals surface area contributed by atoms with Crippen molar-refractivity contribution in [2.45, 2.75) is 6.61 Å². The van der Waals surface area contributed by atoms with Gasteiger partial charge in [-0.2, -0.15) is 0 Å². The van der Waals surface area contributed by atoms with Crippen molar-refractivity contribution in [2.24, 2.45) is 0 Å². The number of hydrogen-bond acceptors (Lipinski definition) is 4. The first-order valence-electron chi connectivity index (χ1n) is 6.02. The van der Waals surface area contributed by atoms with Gasteiger partial charge in [0.1, 0.15) is 17.2 Å². The molecule has 0 bridgehead atoms. The van der Waals surface area contributed by atoms with Crippen LogP contribution in [0.1, 0.15) is 15.4 Å². The molecule has 1 aromatic carbocycles. The van der Waals surface area contributed by atoms with Gasteiger partial charge in [-0.05, 0) is 41.8 Å². The number of benzene rings is 1. The molecular formula is C15H11NO3S. The Bertz CT molecular complexity index is 752. The summed E-state index contributed by atoms with van der Waals surface area (Å²) in [6.07, 6.45) is 1.72. The van der Waals surface area contributed by atoms with Crippen LogP contribution in [0.15, 0.2) is 48.7 Å². The molecule has 0 amide bonds. The van der Waals surface area contributed by atoms with Crippen molar-refractivity contribution in [3.05, 3.63) is 59.2 Å². The zero-order valence-electron chi connectivity index (χ0n) is 10.4. The highest BCUT2D eigenvalue weighted by atomic mass is 32.1. The Morgan fingerprint density at radius 2 is 2.15 bits per heavy atom. The van der Waals surface area contributed by atoms with Gasteiger partial charge in [0.15, 0.2) is 0 Å². The minimum Gasteiger partial charge on any atom is -0.487 e. The molecule has 0 spiro atoms. The van der Waals surface area contributed by atoms with Crippen LogP contribution in [0.2, 0.25) is 0 Å². The number of fused-ring (bicyclic) bond motifs is 1. The molecule has 0 atom stereocenters. The van der Waals surface area contributed by atoms with E-state index in [2.05, 4.69) is 4.98 Å². The molecule has 0 aliphatic rings. The van der Waals surface area contributed by atoms with Gasteiger partial charge in [0.2, 0.25) is 0 Å². The summed E-state index contributed by atoms with van der Waals surface area (Å²) < 4.78 is 6.60. The maximum absolute atomic E-state index is 10.9. The summed E-state index contributed by atoms with van der Waals surface area (Å²) >= 11 is 1.26. The lowest BCUT2D eigenvalue weighted by Gasteiger charge is -2.05. The average molecular weight is 285 g/mol. The maximum Gasteiger partial charge on any atom is 0.345 e. The molecule has 5 heteroatoms. The summed E-state index contributed by atoms with van der Waals surface area (Å²) in [6.45, 7) is 0.391. The highest BCUT2D eigenvalue weighted by Gasteiger charge is 2.09. The van der Waals surface area contributed by atoms with Gasteiger partial charge in [0, 0.05) is 10.9 Å². The van der Waals surface area contributed by atoms with Crippen molar-refractivity contribution in [1.29, 1.82) is 0 Å². The molecule has 100 valence electrons. The van der Waals surface area contributed by atoms with E-state index in [1.807, 2.05) is 36.4 Å². The standard InChI is InChI=1S/C15H11NO3S/c17-15(18)14-8-10-7-12(4-5-13(10)20-14)19-9-11-3-1-2-6-16-11/h1-8H,9H2,(H,17,18). The van der Waals surface area contributed by atoms with Crippen LogP contribution in [0.25, 0.3) is 10.1 Å². The van der Waals surface area contributed by atoms with Crippen LogP contribution < -0.4 is 4.74 Å². The molecule has 20 heavy (non-hydrogen) atoms. The number of aromatic carboxylic acids is 1. The van der Waals surface area contributed by atoms with Gasteiger partial charge < -0.3 is 9.84 Å². The predicted molar refractivity (Wildman–Crippen MR) is 77.4 cm³/mol. The first kappa shape index (κ1) is 12.6. The van der Waals surface area contributed by atoms with Gasteiger partial charge in [-0.1, -0.05) is 6.07 Å². The Kier molecular flexibility index (Phi) is 3.35. The number of carboxylic acid groups (broad SMARTS) is 1. The molecule has 3 aromatic rings. The van der Waals surface area contributed by atoms with E-state index < -0.39 is 5.97 Å². The van der Waals surface area contributed by atoms with Gasteiger partial charge in [0.05, 0.1) is 5.69 Å². The number of aromatic nitrogens is 1. The summed E-state index contributed by atoms with van der Waals surface area (Å²) in [5.74, 6) is -0.194. The number of carboxylic acids is 1. The van der Waals surface area contributed by atoms with E-state index in [9.17, 15) is 4.79 Å². The molecule has 0 fully saturated rings. The largest absolute Gasteiger partial charge is 0.487 e. The number of rotatable bonds is 4. The third-order valence-electron chi connectivity index (χ3n) is 2.81. The van der Waals surface area contributed by atoms with Crippen molar-refractivity contribution in [3.63, 3.8) is 0 Å². The number of nitrogens with zero attached hydrogens (tertiary/aromatic N) is 1. The minimum absolute atomic E-state index is 0.335. The second kappa shape index (κ2) is 5.30. The summed E-state index contributed by atoms with van der Waals surface area (Å²) in [5, 5.41) is 9.86. The summed E-state index contributed by atoms with van der Waals surface area (Å²) in [5.41, 5.74) is 0.851. The molecular weight excluding hydrogens is 274 g/mol. The van der Waals surface area contributed by atoms with E-state index in [0.717, 1.165) is 15.8 Å². The van der Waals surface area contributed by atoms with Crippen molar-refractivity contribution in [3.8, 4) is 5.75 Å². The van der Waals surface area contributed by atoms with Crippen LogP contribution in [-0.2, 0) is 6.61 Å². The van der Waals surface area contributed by atoms with Gasteiger partial charge >= 0.3 is 5.97 Å². The molecule has 2 aromatic heterocycles. The zero-order valence-corrected chi connectivity index (χ0v) is 11.3. The summed E-state index contributed by atoms with van der Waals surface area (Å²) in [6, 6.07) is 12.9. The fourth-order valence-electron chi connectivity index (χ4n) is 1.86. The first-order valence-corrected chi connectivity index (χ1v) is 6.83. The maximum atomic E-state index is 10.9. The Morgan fingerprint density at radius 1 is 1.25 bits per heavy atom. The second-order valence-electron chi connectivity index (χ2n) is 4.23. The third-order valence-corrected chi connectivity index (χ3v) is 3.92. The minimum atomic E-state index is -0.901.